The standard InChI is InChI=1S/C12H13F2NO4/c1-15(5-4-10(16)17)11(12(18)19)8-3-2-7(13)6-9(8)14/h2-3,6,11H,4-5H2,1H3,(H,16,17)(H,18,19). The minimum atomic E-state index is -1.36. The molecule has 0 saturated heterocycles. The third-order valence-corrected chi connectivity index (χ3v) is 2.61. The van der Waals surface area contributed by atoms with E-state index in [1.807, 2.05) is 0 Å². The van der Waals surface area contributed by atoms with Crippen molar-refractivity contribution in [3.8, 4) is 0 Å². The van der Waals surface area contributed by atoms with Gasteiger partial charge in [0.1, 0.15) is 17.7 Å². The largest absolute Gasteiger partial charge is 0.481 e. The number of benzene rings is 1. The molecule has 0 aromatic heterocycles. The van der Waals surface area contributed by atoms with Crippen molar-refractivity contribution in [3.05, 3.63) is 35.4 Å². The molecule has 0 aliphatic heterocycles. The second-order valence-corrected chi connectivity index (χ2v) is 4.03. The van der Waals surface area contributed by atoms with Gasteiger partial charge in [-0.3, -0.25) is 14.5 Å². The molecular weight excluding hydrogens is 260 g/mol. The number of aliphatic carboxylic acids is 2. The number of carboxylic acid groups (broad SMARTS) is 2. The van der Waals surface area contributed by atoms with Gasteiger partial charge < -0.3 is 10.2 Å². The van der Waals surface area contributed by atoms with Crippen LogP contribution >= 0.6 is 0 Å². The molecule has 1 aromatic carbocycles. The van der Waals surface area contributed by atoms with Crippen molar-refractivity contribution in [3.63, 3.8) is 0 Å². The molecule has 0 heterocycles. The van der Waals surface area contributed by atoms with Crippen molar-refractivity contribution in [1.82, 2.24) is 4.90 Å². The fourth-order valence-corrected chi connectivity index (χ4v) is 1.68. The number of hydrogen-bond donors (Lipinski definition) is 2. The van der Waals surface area contributed by atoms with Gasteiger partial charge in [-0.1, -0.05) is 6.07 Å². The van der Waals surface area contributed by atoms with Gasteiger partial charge in [0.2, 0.25) is 0 Å². The Morgan fingerprint density at radius 1 is 1.32 bits per heavy atom. The molecule has 0 aliphatic carbocycles. The van der Waals surface area contributed by atoms with E-state index in [2.05, 4.69) is 0 Å². The Balaban J connectivity index is 3.00. The number of nitrogens with zero attached hydrogens (tertiary/aromatic N) is 1. The van der Waals surface area contributed by atoms with Gasteiger partial charge in [-0.25, -0.2) is 8.78 Å². The molecule has 0 bridgehead atoms. The molecule has 1 unspecified atom stereocenters. The van der Waals surface area contributed by atoms with Crippen molar-refractivity contribution < 1.29 is 28.6 Å². The van der Waals surface area contributed by atoms with Gasteiger partial charge in [0.15, 0.2) is 0 Å². The van der Waals surface area contributed by atoms with Crippen LogP contribution in [0, 0.1) is 11.6 Å². The highest BCUT2D eigenvalue weighted by atomic mass is 19.1. The lowest BCUT2D eigenvalue weighted by Crippen LogP contribution is -2.33. The molecule has 5 nitrogen and oxygen atoms in total. The van der Waals surface area contributed by atoms with Crippen LogP contribution in [0.5, 0.6) is 0 Å². The predicted molar refractivity (Wildman–Crippen MR) is 61.6 cm³/mol. The SMILES string of the molecule is CN(CCC(=O)O)C(C(=O)O)c1ccc(F)cc1F. The van der Waals surface area contributed by atoms with Crippen LogP contribution < -0.4 is 0 Å². The second kappa shape index (κ2) is 6.24. The van der Waals surface area contributed by atoms with Crippen molar-refractivity contribution in [1.29, 1.82) is 0 Å². The summed E-state index contributed by atoms with van der Waals surface area (Å²) in [6, 6.07) is 1.23. The molecule has 1 atom stereocenters. The molecule has 0 aliphatic rings. The van der Waals surface area contributed by atoms with E-state index in [1.165, 1.54) is 11.9 Å². The van der Waals surface area contributed by atoms with Gasteiger partial charge >= 0.3 is 11.9 Å². The minimum absolute atomic E-state index is 0.0664. The van der Waals surface area contributed by atoms with Crippen LogP contribution in [0.2, 0.25) is 0 Å². The van der Waals surface area contributed by atoms with Gasteiger partial charge in [0.05, 0.1) is 6.42 Å². The van der Waals surface area contributed by atoms with E-state index in [0.29, 0.717) is 6.07 Å². The molecular formula is C12H13F2NO4. The first-order chi connectivity index (χ1) is 8.82. The van der Waals surface area contributed by atoms with Gasteiger partial charge in [-0.15, -0.1) is 0 Å². The van der Waals surface area contributed by atoms with E-state index in [4.69, 9.17) is 10.2 Å². The number of hydrogen-bond acceptors (Lipinski definition) is 3. The normalized spacial score (nSPS) is 12.4. The summed E-state index contributed by atoms with van der Waals surface area (Å²) in [6.07, 6.45) is -0.275. The molecule has 1 aromatic rings. The molecule has 0 spiro atoms. The summed E-state index contributed by atoms with van der Waals surface area (Å²) < 4.78 is 26.4. The molecule has 19 heavy (non-hydrogen) atoms. The summed E-state index contributed by atoms with van der Waals surface area (Å²) in [7, 11) is 1.37. The second-order valence-electron chi connectivity index (χ2n) is 4.03. The molecule has 0 fully saturated rings. The highest BCUT2D eigenvalue weighted by Gasteiger charge is 2.27. The molecule has 0 radical (unpaired) electrons. The van der Waals surface area contributed by atoms with Crippen LogP contribution in [-0.2, 0) is 9.59 Å². The first-order valence-electron chi connectivity index (χ1n) is 5.42. The van der Waals surface area contributed by atoms with Crippen molar-refractivity contribution in [2.45, 2.75) is 12.5 Å². The molecule has 104 valence electrons. The van der Waals surface area contributed by atoms with E-state index in [0.717, 1.165) is 12.1 Å². The van der Waals surface area contributed by atoms with Crippen LogP contribution in [-0.4, -0.2) is 40.6 Å². The Morgan fingerprint density at radius 3 is 2.42 bits per heavy atom. The number of carboxylic acids is 2. The summed E-state index contributed by atoms with van der Waals surface area (Å²) in [5.74, 6) is -4.21. The zero-order valence-corrected chi connectivity index (χ0v) is 10.1. The summed E-state index contributed by atoms with van der Waals surface area (Å²) in [6.45, 7) is -0.0664. The van der Waals surface area contributed by atoms with E-state index >= 15 is 0 Å². The lowest BCUT2D eigenvalue weighted by atomic mass is 10.0. The van der Waals surface area contributed by atoms with Gasteiger partial charge in [-0.2, -0.15) is 0 Å². The number of halogens is 2. The summed E-state index contributed by atoms with van der Waals surface area (Å²) >= 11 is 0. The Labute approximate surface area is 108 Å². The number of carbonyl (C=O) groups is 2. The van der Waals surface area contributed by atoms with E-state index < -0.39 is 29.6 Å². The first kappa shape index (κ1) is 15.0. The van der Waals surface area contributed by atoms with Crippen molar-refractivity contribution in [2.24, 2.45) is 0 Å². The lowest BCUT2D eigenvalue weighted by molar-refractivity contribution is -0.144. The first-order valence-corrected chi connectivity index (χ1v) is 5.42. The van der Waals surface area contributed by atoms with Gasteiger partial charge in [-0.05, 0) is 13.1 Å². The quantitative estimate of drug-likeness (QED) is 0.821. The zero-order chi connectivity index (χ0) is 14.6. The maximum Gasteiger partial charge on any atom is 0.325 e. The third kappa shape index (κ3) is 3.99. The zero-order valence-electron chi connectivity index (χ0n) is 10.1. The fourth-order valence-electron chi connectivity index (χ4n) is 1.68. The third-order valence-electron chi connectivity index (χ3n) is 2.61. The molecule has 2 N–H and O–H groups in total. The van der Waals surface area contributed by atoms with Gasteiger partial charge in [0.25, 0.3) is 0 Å². The van der Waals surface area contributed by atoms with Crippen LogP contribution in [0.15, 0.2) is 18.2 Å². The molecule has 0 amide bonds. The van der Waals surface area contributed by atoms with E-state index in [1.54, 1.807) is 0 Å². The highest BCUT2D eigenvalue weighted by molar-refractivity contribution is 5.75. The smallest absolute Gasteiger partial charge is 0.325 e. The van der Waals surface area contributed by atoms with Gasteiger partial charge in [0, 0.05) is 18.2 Å². The van der Waals surface area contributed by atoms with Crippen LogP contribution in [0.25, 0.3) is 0 Å². The summed E-state index contributed by atoms with van der Waals surface area (Å²) in [4.78, 5) is 22.8. The van der Waals surface area contributed by atoms with E-state index in [-0.39, 0.29) is 18.5 Å². The highest BCUT2D eigenvalue weighted by Crippen LogP contribution is 2.23. The maximum atomic E-state index is 13.6. The number of likely N-dealkylation sites (N-methyl/N-ethyl adjacent to an activating group) is 1. The molecule has 7 heteroatoms. The van der Waals surface area contributed by atoms with E-state index in [9.17, 15) is 18.4 Å². The average molecular weight is 273 g/mol. The Morgan fingerprint density at radius 2 is 1.95 bits per heavy atom. The summed E-state index contributed by atoms with van der Waals surface area (Å²) in [5.41, 5.74) is -0.207. The molecule has 0 saturated carbocycles. The lowest BCUT2D eigenvalue weighted by Gasteiger charge is -2.24. The van der Waals surface area contributed by atoms with Crippen LogP contribution in [0.3, 0.4) is 0 Å². The Kier molecular flexibility index (Phi) is 4.94. The Hall–Kier alpha value is -2.02. The fraction of sp³-hybridized carbons (Fsp3) is 0.333. The minimum Gasteiger partial charge on any atom is -0.481 e. The monoisotopic (exact) mass is 273 g/mol. The van der Waals surface area contributed by atoms with Crippen molar-refractivity contribution >= 4 is 11.9 Å². The Bertz CT molecular complexity index is 493. The maximum absolute atomic E-state index is 13.6. The topological polar surface area (TPSA) is 77.8 Å². The van der Waals surface area contributed by atoms with Crippen LogP contribution in [0.1, 0.15) is 18.0 Å². The van der Waals surface area contributed by atoms with Crippen molar-refractivity contribution in [2.75, 3.05) is 13.6 Å². The summed E-state index contributed by atoms with van der Waals surface area (Å²) in [5, 5.41) is 17.7. The average Bonchev–Trinajstić information content (AvgIpc) is 2.29. The van der Waals surface area contributed by atoms with Crippen LogP contribution in [0.4, 0.5) is 8.78 Å². The predicted octanol–water partition coefficient (Wildman–Crippen LogP) is 1.50. The number of rotatable bonds is 6. The molecule has 1 rings (SSSR count).